The first-order valence-electron chi connectivity index (χ1n) is 5.75. The number of hydrogen-bond acceptors (Lipinski definition) is 2. The maximum Gasteiger partial charge on any atom is 0.135 e. The van der Waals surface area contributed by atoms with Crippen molar-refractivity contribution >= 4 is 12.1 Å². The fourth-order valence-electron chi connectivity index (χ4n) is 1.90. The molecule has 0 aromatic rings. The Balaban J connectivity index is 4.55. The standard InChI is InChI=1S/C13H24O2/c1-6-7-8-13(5,10-14)9-12(3,4)11(2)15/h10H,6-9H2,1-5H3. The second-order valence-electron chi connectivity index (χ2n) is 5.49. The van der Waals surface area contributed by atoms with Crippen LogP contribution in [0, 0.1) is 10.8 Å². The van der Waals surface area contributed by atoms with Crippen LogP contribution in [0.15, 0.2) is 0 Å². The van der Waals surface area contributed by atoms with Crippen LogP contribution in [0.3, 0.4) is 0 Å². The molecular weight excluding hydrogens is 188 g/mol. The van der Waals surface area contributed by atoms with Crippen LogP contribution in [0.4, 0.5) is 0 Å². The zero-order valence-electron chi connectivity index (χ0n) is 10.7. The summed E-state index contributed by atoms with van der Waals surface area (Å²) in [5.74, 6) is 0.159. The van der Waals surface area contributed by atoms with Crippen LogP contribution in [0.2, 0.25) is 0 Å². The second-order valence-corrected chi connectivity index (χ2v) is 5.49. The number of carbonyl (C=O) groups is 2. The van der Waals surface area contributed by atoms with Gasteiger partial charge in [0, 0.05) is 10.8 Å². The molecule has 0 saturated carbocycles. The number of carbonyl (C=O) groups excluding carboxylic acids is 2. The molecule has 0 aliphatic heterocycles. The van der Waals surface area contributed by atoms with Crippen LogP contribution < -0.4 is 0 Å². The predicted molar refractivity (Wildman–Crippen MR) is 62.8 cm³/mol. The third kappa shape index (κ3) is 4.59. The van der Waals surface area contributed by atoms with Crippen molar-refractivity contribution in [3.05, 3.63) is 0 Å². The third-order valence-electron chi connectivity index (χ3n) is 3.18. The molecule has 0 rings (SSSR count). The minimum absolute atomic E-state index is 0.159. The van der Waals surface area contributed by atoms with E-state index < -0.39 is 0 Å². The van der Waals surface area contributed by atoms with Gasteiger partial charge < -0.3 is 4.79 Å². The van der Waals surface area contributed by atoms with Gasteiger partial charge in [0.05, 0.1) is 0 Å². The lowest BCUT2D eigenvalue weighted by molar-refractivity contribution is -0.128. The van der Waals surface area contributed by atoms with Crippen molar-refractivity contribution in [3.63, 3.8) is 0 Å². The highest BCUT2D eigenvalue weighted by atomic mass is 16.1. The summed E-state index contributed by atoms with van der Waals surface area (Å²) in [5, 5.41) is 0. The number of rotatable bonds is 7. The normalized spacial score (nSPS) is 15.8. The van der Waals surface area contributed by atoms with Gasteiger partial charge in [-0.05, 0) is 19.8 Å². The highest BCUT2D eigenvalue weighted by Crippen LogP contribution is 2.36. The first-order valence-corrected chi connectivity index (χ1v) is 5.75. The van der Waals surface area contributed by atoms with Gasteiger partial charge in [-0.2, -0.15) is 0 Å². The maximum atomic E-state index is 11.4. The second kappa shape index (κ2) is 5.43. The van der Waals surface area contributed by atoms with Crippen molar-refractivity contribution in [1.82, 2.24) is 0 Å². The molecule has 1 atom stereocenters. The van der Waals surface area contributed by atoms with E-state index in [0.29, 0.717) is 6.42 Å². The van der Waals surface area contributed by atoms with E-state index in [1.54, 1.807) is 6.92 Å². The monoisotopic (exact) mass is 212 g/mol. The molecule has 0 saturated heterocycles. The molecule has 1 unspecified atom stereocenters. The van der Waals surface area contributed by atoms with Gasteiger partial charge in [-0.15, -0.1) is 0 Å². The lowest BCUT2D eigenvalue weighted by Gasteiger charge is -2.32. The van der Waals surface area contributed by atoms with E-state index in [1.165, 1.54) is 0 Å². The molecule has 88 valence electrons. The lowest BCUT2D eigenvalue weighted by Crippen LogP contribution is -2.31. The van der Waals surface area contributed by atoms with Crippen LogP contribution in [-0.2, 0) is 9.59 Å². The number of Topliss-reactive ketones (excluding diaryl/α,β-unsaturated/α-hetero) is 1. The van der Waals surface area contributed by atoms with E-state index in [2.05, 4.69) is 6.92 Å². The maximum absolute atomic E-state index is 11.4. The number of hydrogen-bond donors (Lipinski definition) is 0. The number of aldehydes is 1. The molecule has 0 aliphatic carbocycles. The molecule has 0 aliphatic rings. The van der Waals surface area contributed by atoms with Crippen LogP contribution >= 0.6 is 0 Å². The minimum atomic E-state index is -0.386. The first-order chi connectivity index (χ1) is 6.77. The van der Waals surface area contributed by atoms with E-state index in [1.807, 2.05) is 20.8 Å². The SMILES string of the molecule is CCCCC(C)(C=O)CC(C)(C)C(C)=O. The Kier molecular flexibility index (Phi) is 5.19. The van der Waals surface area contributed by atoms with Crippen molar-refractivity contribution in [3.8, 4) is 0 Å². The molecule has 0 aromatic carbocycles. The fourth-order valence-corrected chi connectivity index (χ4v) is 1.90. The molecule has 0 fully saturated rings. The number of unbranched alkanes of at least 4 members (excludes halogenated alkanes) is 1. The molecule has 0 bridgehead atoms. The first kappa shape index (κ1) is 14.3. The Hall–Kier alpha value is -0.660. The van der Waals surface area contributed by atoms with E-state index >= 15 is 0 Å². The van der Waals surface area contributed by atoms with Crippen molar-refractivity contribution < 1.29 is 9.59 Å². The largest absolute Gasteiger partial charge is 0.303 e. The molecule has 2 heteroatoms. The Morgan fingerprint density at radius 3 is 2.13 bits per heavy atom. The van der Waals surface area contributed by atoms with Gasteiger partial charge in [-0.25, -0.2) is 0 Å². The van der Waals surface area contributed by atoms with Gasteiger partial charge >= 0.3 is 0 Å². The Bertz CT molecular complexity index is 231. The van der Waals surface area contributed by atoms with Crippen molar-refractivity contribution in [2.45, 2.75) is 60.3 Å². The van der Waals surface area contributed by atoms with Gasteiger partial charge in [-0.1, -0.05) is 40.5 Å². The Labute approximate surface area is 93.4 Å². The average Bonchev–Trinajstić information content (AvgIpc) is 2.14. The van der Waals surface area contributed by atoms with Gasteiger partial charge in [-0.3, -0.25) is 4.79 Å². The summed E-state index contributed by atoms with van der Waals surface area (Å²) in [7, 11) is 0. The summed E-state index contributed by atoms with van der Waals surface area (Å²) in [6.07, 6.45) is 4.68. The summed E-state index contributed by atoms with van der Waals surface area (Å²) in [5.41, 5.74) is -0.728. The van der Waals surface area contributed by atoms with E-state index in [9.17, 15) is 9.59 Å². The average molecular weight is 212 g/mol. The fraction of sp³-hybridized carbons (Fsp3) is 0.846. The third-order valence-corrected chi connectivity index (χ3v) is 3.18. The molecule has 0 radical (unpaired) electrons. The van der Waals surface area contributed by atoms with Gasteiger partial charge in [0.15, 0.2) is 0 Å². The van der Waals surface area contributed by atoms with Crippen LogP contribution in [0.5, 0.6) is 0 Å². The van der Waals surface area contributed by atoms with Crippen LogP contribution in [0.1, 0.15) is 60.3 Å². The molecule has 0 aromatic heterocycles. The van der Waals surface area contributed by atoms with E-state index in [-0.39, 0.29) is 16.6 Å². The summed E-state index contributed by atoms with van der Waals surface area (Å²) in [6.45, 7) is 9.51. The summed E-state index contributed by atoms with van der Waals surface area (Å²) in [4.78, 5) is 22.5. The molecule has 0 spiro atoms. The topological polar surface area (TPSA) is 34.1 Å². The zero-order valence-corrected chi connectivity index (χ0v) is 10.7. The van der Waals surface area contributed by atoms with Crippen molar-refractivity contribution in [1.29, 1.82) is 0 Å². The van der Waals surface area contributed by atoms with Crippen LogP contribution in [-0.4, -0.2) is 12.1 Å². The van der Waals surface area contributed by atoms with E-state index in [0.717, 1.165) is 25.5 Å². The highest BCUT2D eigenvalue weighted by Gasteiger charge is 2.34. The predicted octanol–water partition coefficient (Wildman–Crippen LogP) is 3.39. The highest BCUT2D eigenvalue weighted by molar-refractivity contribution is 5.82. The van der Waals surface area contributed by atoms with Gasteiger partial charge in [0.1, 0.15) is 12.1 Å². The molecule has 0 N–H and O–H groups in total. The smallest absolute Gasteiger partial charge is 0.135 e. The van der Waals surface area contributed by atoms with Crippen LogP contribution in [0.25, 0.3) is 0 Å². The molecule has 2 nitrogen and oxygen atoms in total. The van der Waals surface area contributed by atoms with Crippen molar-refractivity contribution in [2.24, 2.45) is 10.8 Å². The summed E-state index contributed by atoms with van der Waals surface area (Å²) >= 11 is 0. The molecule has 15 heavy (non-hydrogen) atoms. The minimum Gasteiger partial charge on any atom is -0.303 e. The summed E-state index contributed by atoms with van der Waals surface area (Å²) in [6, 6.07) is 0. The van der Waals surface area contributed by atoms with Gasteiger partial charge in [0.2, 0.25) is 0 Å². The Morgan fingerprint density at radius 2 is 1.80 bits per heavy atom. The molecular formula is C13H24O2. The van der Waals surface area contributed by atoms with E-state index in [4.69, 9.17) is 0 Å². The number of ketones is 1. The molecule has 0 heterocycles. The zero-order chi connectivity index (χ0) is 12.1. The lowest BCUT2D eigenvalue weighted by atomic mass is 9.71. The van der Waals surface area contributed by atoms with Gasteiger partial charge in [0.25, 0.3) is 0 Å². The quantitative estimate of drug-likeness (QED) is 0.606. The Morgan fingerprint density at radius 1 is 1.27 bits per heavy atom. The summed E-state index contributed by atoms with van der Waals surface area (Å²) < 4.78 is 0. The molecule has 0 amide bonds. The van der Waals surface area contributed by atoms with Crippen molar-refractivity contribution in [2.75, 3.05) is 0 Å².